The largest absolute Gasteiger partial charge is 0.513 e. The summed E-state index contributed by atoms with van der Waals surface area (Å²) in [6.45, 7) is 15.0. The molecule has 0 saturated carbocycles. The molecule has 1 aromatic rings. The maximum Gasteiger partial charge on any atom is 0.513 e. The molecule has 2 N–H and O–H groups in total. The predicted molar refractivity (Wildman–Crippen MR) is 147 cm³/mol. The lowest BCUT2D eigenvalue weighted by Crippen LogP contribution is -2.43. The van der Waals surface area contributed by atoms with Gasteiger partial charge in [0, 0.05) is 6.54 Å². The van der Waals surface area contributed by atoms with Crippen molar-refractivity contribution in [1.82, 2.24) is 5.32 Å². The number of ether oxygens (including phenoxy) is 5. The van der Waals surface area contributed by atoms with Crippen LogP contribution in [0.25, 0.3) is 0 Å². The Bertz CT molecular complexity index is 988. The van der Waals surface area contributed by atoms with E-state index in [4.69, 9.17) is 23.7 Å². The second-order valence-corrected chi connectivity index (χ2v) is 11.1. The van der Waals surface area contributed by atoms with Gasteiger partial charge in [0.1, 0.15) is 12.1 Å². The van der Waals surface area contributed by atoms with E-state index in [1.807, 2.05) is 27.7 Å². The van der Waals surface area contributed by atoms with Gasteiger partial charge in [0.05, 0.1) is 18.6 Å². The molecule has 11 heteroatoms. The van der Waals surface area contributed by atoms with Crippen molar-refractivity contribution in [2.75, 3.05) is 19.8 Å². The maximum atomic E-state index is 12.3. The third-order valence-corrected chi connectivity index (χ3v) is 6.07. The van der Waals surface area contributed by atoms with Crippen molar-refractivity contribution in [3.63, 3.8) is 0 Å². The fourth-order valence-corrected chi connectivity index (χ4v) is 2.93. The van der Waals surface area contributed by atoms with E-state index in [9.17, 15) is 24.3 Å². The Morgan fingerprint density at radius 3 is 1.88 bits per heavy atom. The lowest BCUT2D eigenvalue weighted by molar-refractivity contribution is -0.157. The summed E-state index contributed by atoms with van der Waals surface area (Å²) in [7, 11) is 0. The Balaban J connectivity index is 3.03. The molecule has 11 nitrogen and oxygen atoms in total. The van der Waals surface area contributed by atoms with E-state index in [-0.39, 0.29) is 49.5 Å². The van der Waals surface area contributed by atoms with Crippen molar-refractivity contribution in [2.45, 2.75) is 86.8 Å². The Kier molecular flexibility index (Phi) is 14.5. The SMILES string of the molecule is CCC(C)COC(=O)Oc1ccc(C[C@H](NCC(C)OC(=O)C(C)(C)C)C(=O)O)cc1OC(=O)OCC(C)CC. The fourth-order valence-electron chi connectivity index (χ4n) is 2.93. The van der Waals surface area contributed by atoms with Crippen LogP contribution in [0.15, 0.2) is 18.2 Å². The molecule has 1 aromatic carbocycles. The summed E-state index contributed by atoms with van der Waals surface area (Å²) in [6, 6.07) is 3.30. The first kappa shape index (κ1) is 34.7. The third-order valence-electron chi connectivity index (χ3n) is 6.07. The molecule has 3 unspecified atom stereocenters. The number of carboxylic acid groups (broad SMARTS) is 1. The van der Waals surface area contributed by atoms with Gasteiger partial charge in [0.25, 0.3) is 0 Å². The van der Waals surface area contributed by atoms with Crippen LogP contribution in [-0.2, 0) is 30.2 Å². The van der Waals surface area contributed by atoms with Gasteiger partial charge in [-0.05, 0) is 63.6 Å². The molecule has 0 spiro atoms. The topological polar surface area (TPSA) is 147 Å². The van der Waals surface area contributed by atoms with Crippen LogP contribution < -0.4 is 14.8 Å². The molecule has 0 aliphatic rings. The van der Waals surface area contributed by atoms with E-state index in [2.05, 4.69) is 5.32 Å². The minimum Gasteiger partial charge on any atom is -0.480 e. The van der Waals surface area contributed by atoms with Crippen molar-refractivity contribution in [3.8, 4) is 11.5 Å². The standard InChI is InChI=1S/C29H45NO10/c1-9-18(3)16-36-27(34)39-23-12-11-21(14-24(23)40-28(35)37-17-19(4)10-2)13-22(25(31)32)30-15-20(5)38-26(33)29(6,7)8/h11-12,14,18-20,22,30H,9-10,13,15-17H2,1-8H3,(H,31,32)/t18?,19?,20?,22-/m0/s1. The Morgan fingerprint density at radius 2 is 1.40 bits per heavy atom. The van der Waals surface area contributed by atoms with Gasteiger partial charge in [0.15, 0.2) is 11.5 Å². The van der Waals surface area contributed by atoms with Crippen LogP contribution in [0.2, 0.25) is 0 Å². The highest BCUT2D eigenvalue weighted by atomic mass is 16.7. The molecule has 40 heavy (non-hydrogen) atoms. The van der Waals surface area contributed by atoms with Gasteiger partial charge in [-0.25, -0.2) is 9.59 Å². The zero-order chi connectivity index (χ0) is 30.5. The molecule has 0 saturated heterocycles. The molecule has 0 radical (unpaired) electrons. The normalized spacial score (nSPS) is 14.3. The van der Waals surface area contributed by atoms with Crippen LogP contribution in [0.5, 0.6) is 11.5 Å². The molecule has 4 atom stereocenters. The lowest BCUT2D eigenvalue weighted by atomic mass is 9.97. The van der Waals surface area contributed by atoms with Crippen LogP contribution in [0.3, 0.4) is 0 Å². The number of nitrogens with one attached hydrogen (secondary N) is 1. The molecule has 0 heterocycles. The minimum atomic E-state index is -1.13. The molecule has 0 bridgehead atoms. The van der Waals surface area contributed by atoms with Crippen molar-refractivity contribution < 1.29 is 48.0 Å². The van der Waals surface area contributed by atoms with Gasteiger partial charge < -0.3 is 34.1 Å². The summed E-state index contributed by atoms with van der Waals surface area (Å²) in [4.78, 5) is 48.6. The molecular formula is C29H45NO10. The summed E-state index contributed by atoms with van der Waals surface area (Å²) in [6.07, 6.45) is -0.907. The van der Waals surface area contributed by atoms with Gasteiger partial charge in [0.2, 0.25) is 0 Å². The Hall–Kier alpha value is -3.34. The van der Waals surface area contributed by atoms with Gasteiger partial charge in [-0.15, -0.1) is 0 Å². The molecule has 0 aromatic heterocycles. The number of carbonyl (C=O) groups excluding carboxylic acids is 3. The molecular weight excluding hydrogens is 522 g/mol. The lowest BCUT2D eigenvalue weighted by Gasteiger charge is -2.23. The second-order valence-electron chi connectivity index (χ2n) is 11.1. The van der Waals surface area contributed by atoms with Crippen LogP contribution in [-0.4, -0.2) is 61.3 Å². The first-order chi connectivity index (χ1) is 18.7. The number of hydrogen-bond donors (Lipinski definition) is 2. The minimum absolute atomic E-state index is 0.00765. The number of hydrogen-bond acceptors (Lipinski definition) is 10. The fraction of sp³-hybridized carbons (Fsp3) is 0.655. The van der Waals surface area contributed by atoms with Gasteiger partial charge in [-0.2, -0.15) is 0 Å². The second kappa shape index (κ2) is 16.7. The Labute approximate surface area is 236 Å². The highest BCUT2D eigenvalue weighted by Gasteiger charge is 2.26. The van der Waals surface area contributed by atoms with Crippen molar-refractivity contribution in [2.24, 2.45) is 17.3 Å². The number of rotatable bonds is 15. The predicted octanol–water partition coefficient (Wildman–Crippen LogP) is 5.37. The van der Waals surface area contributed by atoms with E-state index >= 15 is 0 Å². The first-order valence-electron chi connectivity index (χ1n) is 13.7. The highest BCUT2D eigenvalue weighted by molar-refractivity contribution is 5.76. The smallest absolute Gasteiger partial charge is 0.480 e. The van der Waals surface area contributed by atoms with E-state index in [1.165, 1.54) is 12.1 Å². The van der Waals surface area contributed by atoms with Crippen LogP contribution in [0, 0.1) is 17.3 Å². The van der Waals surface area contributed by atoms with E-state index in [1.54, 1.807) is 33.8 Å². The quantitative estimate of drug-likeness (QED) is 0.160. The number of aliphatic carboxylic acids is 1. The van der Waals surface area contributed by atoms with Crippen LogP contribution in [0.1, 0.15) is 73.8 Å². The summed E-state index contributed by atoms with van der Waals surface area (Å²) >= 11 is 0. The Morgan fingerprint density at radius 1 is 0.875 bits per heavy atom. The van der Waals surface area contributed by atoms with Gasteiger partial charge in [-0.3, -0.25) is 9.59 Å². The van der Waals surface area contributed by atoms with E-state index < -0.39 is 41.8 Å². The summed E-state index contributed by atoms with van der Waals surface area (Å²) < 4.78 is 26.2. The van der Waals surface area contributed by atoms with E-state index in [0.29, 0.717) is 5.56 Å². The van der Waals surface area contributed by atoms with Gasteiger partial charge >= 0.3 is 24.2 Å². The van der Waals surface area contributed by atoms with Crippen molar-refractivity contribution in [3.05, 3.63) is 23.8 Å². The maximum absolute atomic E-state index is 12.3. The van der Waals surface area contributed by atoms with Gasteiger partial charge in [-0.1, -0.05) is 46.6 Å². The third kappa shape index (κ3) is 13.1. The average Bonchev–Trinajstić information content (AvgIpc) is 2.88. The first-order valence-corrected chi connectivity index (χ1v) is 13.7. The number of benzene rings is 1. The van der Waals surface area contributed by atoms with Crippen LogP contribution >= 0.6 is 0 Å². The molecule has 226 valence electrons. The molecule has 0 aliphatic heterocycles. The van der Waals surface area contributed by atoms with Crippen LogP contribution in [0.4, 0.5) is 9.59 Å². The van der Waals surface area contributed by atoms with Crippen molar-refractivity contribution >= 4 is 24.2 Å². The molecule has 0 aliphatic carbocycles. The number of carboxylic acids is 1. The van der Waals surface area contributed by atoms with Crippen molar-refractivity contribution in [1.29, 1.82) is 0 Å². The summed E-state index contributed by atoms with van der Waals surface area (Å²) in [5, 5.41) is 12.6. The monoisotopic (exact) mass is 567 g/mol. The zero-order valence-corrected chi connectivity index (χ0v) is 24.9. The molecule has 1 rings (SSSR count). The van der Waals surface area contributed by atoms with E-state index in [0.717, 1.165) is 12.8 Å². The zero-order valence-electron chi connectivity index (χ0n) is 24.9. The average molecular weight is 568 g/mol. The molecule has 0 fully saturated rings. The number of carbonyl (C=O) groups is 4. The molecule has 0 amide bonds. The summed E-state index contributed by atoms with van der Waals surface area (Å²) in [5.41, 5.74) is -0.207. The number of esters is 1. The summed E-state index contributed by atoms with van der Waals surface area (Å²) in [5.74, 6) is -1.46. The highest BCUT2D eigenvalue weighted by Crippen LogP contribution is 2.30.